The molecule has 0 aliphatic heterocycles. The van der Waals surface area contributed by atoms with Crippen molar-refractivity contribution < 1.29 is 26.7 Å². The zero-order chi connectivity index (χ0) is 14.8. The van der Waals surface area contributed by atoms with E-state index in [1.54, 1.807) is 0 Å². The van der Waals surface area contributed by atoms with Gasteiger partial charge in [-0.2, -0.15) is 0 Å². The monoisotopic (exact) mass is 308 g/mol. The van der Waals surface area contributed by atoms with Gasteiger partial charge in [0.25, 0.3) is 0 Å². The molecule has 1 aromatic rings. The number of carboxylic acids is 1. The van der Waals surface area contributed by atoms with Gasteiger partial charge in [0, 0.05) is 0 Å². The molecule has 0 amide bonds. The molecule has 0 fully saturated rings. The highest BCUT2D eigenvalue weighted by Gasteiger charge is 2.29. The first-order valence-corrected chi connectivity index (χ1v) is 8.01. The molecule has 0 heterocycles. The van der Waals surface area contributed by atoms with Gasteiger partial charge < -0.3 is 5.11 Å². The third-order valence-electron chi connectivity index (χ3n) is 2.26. The zero-order valence-corrected chi connectivity index (χ0v) is 11.4. The number of nitrogens with one attached hydrogen (secondary N) is 1. The van der Waals surface area contributed by atoms with Crippen molar-refractivity contribution in [3.63, 3.8) is 0 Å². The van der Waals surface area contributed by atoms with Crippen LogP contribution in [0, 0.1) is 0 Å². The van der Waals surface area contributed by atoms with Crippen LogP contribution in [0.1, 0.15) is 6.92 Å². The van der Waals surface area contributed by atoms with Gasteiger partial charge >= 0.3 is 5.97 Å². The fraction of sp³-hybridized carbons (Fsp3) is 0.222. The topological polar surface area (TPSA) is 144 Å². The minimum atomic E-state index is -4.26. The Hall–Kier alpha value is -1.65. The Morgan fingerprint density at radius 3 is 2.26 bits per heavy atom. The summed E-state index contributed by atoms with van der Waals surface area (Å²) in [4.78, 5) is 10.2. The summed E-state index contributed by atoms with van der Waals surface area (Å²) in [5, 5.41) is 11.9. The second-order valence-electron chi connectivity index (χ2n) is 3.67. The number of nitrogens with two attached hydrogens (primary N) is 1. The number of carboxylic acid groups (broad SMARTS) is 1. The Balaban J connectivity index is 3.25. The fourth-order valence-corrected chi connectivity index (χ4v) is 2.86. The molecule has 1 rings (SSSR count). The van der Waals surface area contributed by atoms with Crippen molar-refractivity contribution in [2.75, 3.05) is 4.72 Å². The maximum Gasteiger partial charge on any atom is 0.323 e. The van der Waals surface area contributed by atoms with Gasteiger partial charge in [0.15, 0.2) is 5.25 Å². The maximum absolute atomic E-state index is 11.7. The van der Waals surface area contributed by atoms with E-state index in [9.17, 15) is 21.6 Å². The Morgan fingerprint density at radius 1 is 1.26 bits per heavy atom. The number of sulfonamides is 2. The van der Waals surface area contributed by atoms with Gasteiger partial charge in [-0.15, -0.1) is 0 Å². The quantitative estimate of drug-likeness (QED) is 0.672. The zero-order valence-electron chi connectivity index (χ0n) is 9.77. The molecule has 0 saturated heterocycles. The van der Waals surface area contributed by atoms with Crippen molar-refractivity contribution in [2.45, 2.75) is 17.1 Å². The molecule has 1 atom stereocenters. The van der Waals surface area contributed by atoms with Crippen molar-refractivity contribution in [3.8, 4) is 0 Å². The summed E-state index contributed by atoms with van der Waals surface area (Å²) >= 11 is 0. The van der Waals surface area contributed by atoms with Crippen LogP contribution in [0.25, 0.3) is 0 Å². The highest BCUT2D eigenvalue weighted by molar-refractivity contribution is 7.94. The molecular formula is C9H12N2O6S2. The summed E-state index contributed by atoms with van der Waals surface area (Å²) in [6.07, 6.45) is 0. The van der Waals surface area contributed by atoms with Crippen LogP contribution in [0.4, 0.5) is 5.69 Å². The summed E-state index contributed by atoms with van der Waals surface area (Å²) < 4.78 is 47.8. The predicted molar refractivity (Wildman–Crippen MR) is 67.5 cm³/mol. The van der Waals surface area contributed by atoms with Crippen LogP contribution in [0.15, 0.2) is 29.2 Å². The Bertz CT molecular complexity index is 695. The third-order valence-corrected chi connectivity index (χ3v) is 4.87. The van der Waals surface area contributed by atoms with Gasteiger partial charge in [0.1, 0.15) is 4.90 Å². The number of anilines is 1. The highest BCUT2D eigenvalue weighted by atomic mass is 32.2. The van der Waals surface area contributed by atoms with Crippen molar-refractivity contribution in [3.05, 3.63) is 24.3 Å². The number of hydrogen-bond donors (Lipinski definition) is 3. The first-order valence-electron chi connectivity index (χ1n) is 4.92. The van der Waals surface area contributed by atoms with Gasteiger partial charge in [-0.25, -0.2) is 22.0 Å². The molecular weight excluding hydrogens is 296 g/mol. The lowest BCUT2D eigenvalue weighted by Crippen LogP contribution is -2.32. The number of aliphatic carboxylic acids is 1. The molecule has 8 nitrogen and oxygen atoms in total. The summed E-state index contributed by atoms with van der Waals surface area (Å²) in [5.74, 6) is -1.56. The van der Waals surface area contributed by atoms with Crippen LogP contribution < -0.4 is 9.86 Å². The van der Waals surface area contributed by atoms with E-state index in [1.807, 2.05) is 4.72 Å². The van der Waals surface area contributed by atoms with Crippen LogP contribution in [0.5, 0.6) is 0 Å². The molecule has 0 spiro atoms. The molecule has 1 unspecified atom stereocenters. The van der Waals surface area contributed by atoms with Crippen LogP contribution in [0.3, 0.4) is 0 Å². The molecule has 10 heteroatoms. The van der Waals surface area contributed by atoms with Gasteiger partial charge in [-0.1, -0.05) is 12.1 Å². The van der Waals surface area contributed by atoms with E-state index in [1.165, 1.54) is 18.2 Å². The molecule has 0 saturated carbocycles. The predicted octanol–water partition coefficient (Wildman–Crippen LogP) is -0.451. The minimum absolute atomic E-state index is 0.293. The van der Waals surface area contributed by atoms with Crippen molar-refractivity contribution in [1.82, 2.24) is 0 Å². The number of carbonyl (C=O) groups is 1. The second-order valence-corrected chi connectivity index (χ2v) is 7.20. The average molecular weight is 308 g/mol. The molecule has 0 aliphatic rings. The first kappa shape index (κ1) is 15.4. The lowest BCUT2D eigenvalue weighted by atomic mass is 10.3. The normalized spacial score (nSPS) is 13.8. The molecule has 1 aromatic carbocycles. The first-order chi connectivity index (χ1) is 8.55. The summed E-state index contributed by atoms with van der Waals surface area (Å²) in [6.45, 7) is 0.963. The van der Waals surface area contributed by atoms with E-state index in [2.05, 4.69) is 0 Å². The number of para-hydroxylation sites is 1. The third kappa shape index (κ3) is 3.66. The lowest BCUT2D eigenvalue weighted by Gasteiger charge is -2.13. The second kappa shape index (κ2) is 5.15. The summed E-state index contributed by atoms with van der Waals surface area (Å²) in [6, 6.07) is 5.03. The standard InChI is InChI=1S/C9H12N2O6S2/c1-6(9(12)13)19(16,17)11-7-4-2-3-5-8(7)18(10,14)15/h2-6,11H,1H3,(H,12,13)(H2,10,14,15). The van der Waals surface area contributed by atoms with E-state index >= 15 is 0 Å². The van der Waals surface area contributed by atoms with Crippen molar-refractivity contribution >= 4 is 31.7 Å². The average Bonchev–Trinajstić information content (AvgIpc) is 2.26. The fourth-order valence-electron chi connectivity index (χ4n) is 1.17. The van der Waals surface area contributed by atoms with Crippen LogP contribution >= 0.6 is 0 Å². The SMILES string of the molecule is CC(C(=O)O)S(=O)(=O)Nc1ccccc1S(N)(=O)=O. The van der Waals surface area contributed by atoms with E-state index in [4.69, 9.17) is 10.2 Å². The smallest absolute Gasteiger partial charge is 0.323 e. The van der Waals surface area contributed by atoms with Gasteiger partial charge in [-0.05, 0) is 19.1 Å². The van der Waals surface area contributed by atoms with E-state index < -0.39 is 36.2 Å². The van der Waals surface area contributed by atoms with Crippen LogP contribution in [0.2, 0.25) is 0 Å². The molecule has 0 aliphatic carbocycles. The van der Waals surface area contributed by atoms with Crippen LogP contribution in [-0.2, 0) is 24.8 Å². The highest BCUT2D eigenvalue weighted by Crippen LogP contribution is 2.21. The maximum atomic E-state index is 11.7. The molecule has 19 heavy (non-hydrogen) atoms. The lowest BCUT2D eigenvalue weighted by molar-refractivity contribution is -0.136. The number of hydrogen-bond acceptors (Lipinski definition) is 5. The Kier molecular flexibility index (Phi) is 4.18. The number of benzene rings is 1. The largest absolute Gasteiger partial charge is 0.480 e. The molecule has 0 radical (unpaired) electrons. The minimum Gasteiger partial charge on any atom is -0.480 e. The molecule has 0 bridgehead atoms. The van der Waals surface area contributed by atoms with Crippen molar-refractivity contribution in [2.24, 2.45) is 5.14 Å². The number of rotatable bonds is 5. The van der Waals surface area contributed by atoms with Crippen LogP contribution in [-0.4, -0.2) is 33.2 Å². The summed E-state index contributed by atoms with van der Waals surface area (Å²) in [7, 11) is -8.39. The number of primary sulfonamides is 1. The van der Waals surface area contributed by atoms with E-state index in [0.717, 1.165) is 13.0 Å². The van der Waals surface area contributed by atoms with Gasteiger partial charge in [-0.3, -0.25) is 9.52 Å². The van der Waals surface area contributed by atoms with E-state index in [0.29, 0.717) is 0 Å². The van der Waals surface area contributed by atoms with Gasteiger partial charge in [0.05, 0.1) is 5.69 Å². The Morgan fingerprint density at radius 2 is 1.79 bits per heavy atom. The molecule has 0 aromatic heterocycles. The van der Waals surface area contributed by atoms with E-state index in [-0.39, 0.29) is 5.69 Å². The molecule has 106 valence electrons. The Labute approximate surface area is 110 Å². The van der Waals surface area contributed by atoms with Gasteiger partial charge in [0.2, 0.25) is 20.0 Å². The van der Waals surface area contributed by atoms with Crippen molar-refractivity contribution in [1.29, 1.82) is 0 Å². The summed E-state index contributed by atoms with van der Waals surface area (Å²) in [5.41, 5.74) is -0.293. The molecule has 4 N–H and O–H groups in total.